The molecule has 0 spiro atoms. The predicted molar refractivity (Wildman–Crippen MR) is 89.0 cm³/mol. The standard InChI is InChI=1S/C17H27BN/c1-7-11-12-14-16(18-10-4)17(9-3)19(6)15(5)13-8-2/h8-10,13H,2-4,7,11-12,14H2,1,5-6H3/b15-13+,17-16+. The Morgan fingerprint density at radius 2 is 1.89 bits per heavy atom. The number of unbranched alkanes of at least 4 members (excludes halogenated alkanes) is 2. The Kier molecular flexibility index (Phi) is 9.69. The van der Waals surface area contributed by atoms with E-state index in [2.05, 4.69) is 52.8 Å². The molecule has 19 heavy (non-hydrogen) atoms. The van der Waals surface area contributed by atoms with E-state index in [0.29, 0.717) is 0 Å². The lowest BCUT2D eigenvalue weighted by Gasteiger charge is -2.24. The highest BCUT2D eigenvalue weighted by Gasteiger charge is 2.09. The molecule has 0 unspecified atom stereocenters. The van der Waals surface area contributed by atoms with E-state index in [0.717, 1.165) is 17.8 Å². The van der Waals surface area contributed by atoms with Crippen LogP contribution in [-0.4, -0.2) is 19.2 Å². The minimum Gasteiger partial charge on any atom is -0.349 e. The third kappa shape index (κ3) is 6.33. The Hall–Kier alpha value is -1.44. The zero-order chi connectivity index (χ0) is 14.7. The van der Waals surface area contributed by atoms with Gasteiger partial charge in [0.05, 0.1) is 0 Å². The largest absolute Gasteiger partial charge is 0.349 e. The topological polar surface area (TPSA) is 3.24 Å². The van der Waals surface area contributed by atoms with Crippen molar-refractivity contribution in [3.8, 4) is 0 Å². The fraction of sp³-hybridized carbons (Fsp3) is 0.412. The lowest BCUT2D eigenvalue weighted by Crippen LogP contribution is -2.17. The summed E-state index contributed by atoms with van der Waals surface area (Å²) in [6.07, 6.45) is 10.5. The second-order valence-electron chi connectivity index (χ2n) is 4.58. The molecule has 0 aromatic carbocycles. The molecule has 0 bridgehead atoms. The first-order valence-electron chi connectivity index (χ1n) is 6.96. The maximum atomic E-state index is 3.95. The summed E-state index contributed by atoms with van der Waals surface area (Å²) in [4.78, 5) is 2.15. The Morgan fingerprint density at radius 3 is 2.37 bits per heavy atom. The second kappa shape index (κ2) is 10.5. The molecule has 0 amide bonds. The van der Waals surface area contributed by atoms with Crippen molar-refractivity contribution in [2.75, 3.05) is 7.05 Å². The lowest BCUT2D eigenvalue weighted by atomic mass is 9.66. The van der Waals surface area contributed by atoms with E-state index >= 15 is 0 Å². The van der Waals surface area contributed by atoms with Gasteiger partial charge in [0.25, 0.3) is 0 Å². The van der Waals surface area contributed by atoms with E-state index in [4.69, 9.17) is 0 Å². The van der Waals surface area contributed by atoms with Gasteiger partial charge in [0.1, 0.15) is 0 Å². The molecule has 2 heteroatoms. The van der Waals surface area contributed by atoms with Gasteiger partial charge in [-0.25, -0.2) is 0 Å². The van der Waals surface area contributed by atoms with Crippen molar-refractivity contribution in [3.63, 3.8) is 0 Å². The normalized spacial score (nSPS) is 12.5. The Bertz CT molecular complexity index is 363. The van der Waals surface area contributed by atoms with Crippen LogP contribution < -0.4 is 0 Å². The molecule has 0 aliphatic heterocycles. The molecule has 0 aliphatic rings. The van der Waals surface area contributed by atoms with Gasteiger partial charge in [-0.05, 0) is 25.5 Å². The summed E-state index contributed by atoms with van der Waals surface area (Å²) in [5.74, 6) is 1.85. The quantitative estimate of drug-likeness (QED) is 0.307. The summed E-state index contributed by atoms with van der Waals surface area (Å²) >= 11 is 0. The van der Waals surface area contributed by atoms with Gasteiger partial charge < -0.3 is 4.90 Å². The van der Waals surface area contributed by atoms with Crippen molar-refractivity contribution < 1.29 is 0 Å². The molecule has 1 nitrogen and oxygen atoms in total. The Morgan fingerprint density at radius 1 is 1.21 bits per heavy atom. The first kappa shape index (κ1) is 17.6. The van der Waals surface area contributed by atoms with E-state index in [1.807, 2.05) is 18.1 Å². The van der Waals surface area contributed by atoms with Crippen molar-refractivity contribution in [2.45, 2.75) is 39.5 Å². The minimum absolute atomic E-state index is 1.06. The lowest BCUT2D eigenvalue weighted by molar-refractivity contribution is 0.530. The van der Waals surface area contributed by atoms with Crippen molar-refractivity contribution in [1.29, 1.82) is 0 Å². The van der Waals surface area contributed by atoms with E-state index in [9.17, 15) is 0 Å². The molecule has 0 N–H and O–H groups in total. The SMILES string of the molecule is C=C[B]/C(CCCCC)=C(\C=C)N(C)/C(C)=C/C=C. The van der Waals surface area contributed by atoms with Crippen molar-refractivity contribution in [1.82, 2.24) is 4.90 Å². The van der Waals surface area contributed by atoms with Crippen LogP contribution in [-0.2, 0) is 0 Å². The fourth-order valence-electron chi connectivity index (χ4n) is 1.96. The molecule has 0 aliphatic carbocycles. The number of nitrogens with zero attached hydrogens (tertiary/aromatic N) is 1. The molecular formula is C17H27BN. The third-order valence-electron chi connectivity index (χ3n) is 3.14. The van der Waals surface area contributed by atoms with Gasteiger partial charge in [0, 0.05) is 18.4 Å². The van der Waals surface area contributed by atoms with Gasteiger partial charge in [-0.15, -0.1) is 12.6 Å². The molecule has 0 fully saturated rings. The average molecular weight is 256 g/mol. The van der Waals surface area contributed by atoms with E-state index in [1.54, 1.807) is 6.08 Å². The van der Waals surface area contributed by atoms with Crippen LogP contribution in [0.15, 0.2) is 60.8 Å². The molecule has 103 valence electrons. The molecule has 0 aromatic rings. The number of likely N-dealkylation sites (N-methyl/N-ethyl adjacent to an activating group) is 1. The molecule has 1 radical (unpaired) electrons. The highest BCUT2D eigenvalue weighted by Crippen LogP contribution is 2.19. The maximum Gasteiger partial charge on any atom is 0.177 e. The summed E-state index contributed by atoms with van der Waals surface area (Å²) in [5.41, 5.74) is 3.58. The first-order chi connectivity index (χ1) is 9.12. The maximum absolute atomic E-state index is 3.95. The zero-order valence-electron chi connectivity index (χ0n) is 12.8. The number of rotatable bonds is 10. The van der Waals surface area contributed by atoms with Crippen LogP contribution in [0.3, 0.4) is 0 Å². The highest BCUT2D eigenvalue weighted by molar-refractivity contribution is 6.51. The second-order valence-corrected chi connectivity index (χ2v) is 4.58. The molecule has 0 saturated carbocycles. The summed E-state index contributed by atoms with van der Waals surface area (Å²) < 4.78 is 0. The summed E-state index contributed by atoms with van der Waals surface area (Å²) in [6.45, 7) is 15.8. The molecule has 0 saturated heterocycles. The smallest absolute Gasteiger partial charge is 0.177 e. The zero-order valence-corrected chi connectivity index (χ0v) is 12.8. The number of hydrogen-bond donors (Lipinski definition) is 0. The Balaban J connectivity index is 5.18. The van der Waals surface area contributed by atoms with Crippen LogP contribution >= 0.6 is 0 Å². The Labute approximate surface area is 120 Å². The van der Waals surface area contributed by atoms with Crippen molar-refractivity contribution >= 4 is 7.28 Å². The fourth-order valence-corrected chi connectivity index (χ4v) is 1.96. The predicted octanol–water partition coefficient (Wildman–Crippen LogP) is 4.83. The van der Waals surface area contributed by atoms with Crippen molar-refractivity contribution in [2.24, 2.45) is 0 Å². The van der Waals surface area contributed by atoms with E-state index < -0.39 is 0 Å². The molecular weight excluding hydrogens is 229 g/mol. The van der Waals surface area contributed by atoms with Crippen molar-refractivity contribution in [3.05, 3.63) is 60.8 Å². The summed E-state index contributed by atoms with van der Waals surface area (Å²) in [7, 11) is 4.15. The summed E-state index contributed by atoms with van der Waals surface area (Å²) in [6, 6.07) is 0. The van der Waals surface area contributed by atoms with Gasteiger partial charge in [-0.2, -0.15) is 0 Å². The van der Waals surface area contributed by atoms with Crippen LogP contribution in [0.4, 0.5) is 0 Å². The van der Waals surface area contributed by atoms with Gasteiger partial charge in [0.2, 0.25) is 0 Å². The van der Waals surface area contributed by atoms with Crippen LogP contribution in [0.1, 0.15) is 39.5 Å². The van der Waals surface area contributed by atoms with Crippen LogP contribution in [0.25, 0.3) is 0 Å². The van der Waals surface area contributed by atoms with Crippen LogP contribution in [0.5, 0.6) is 0 Å². The van der Waals surface area contributed by atoms with Gasteiger partial charge in [0.15, 0.2) is 7.28 Å². The molecule has 0 aromatic heterocycles. The summed E-state index contributed by atoms with van der Waals surface area (Å²) in [5, 5.41) is 0. The molecule has 0 rings (SSSR count). The molecule has 0 heterocycles. The van der Waals surface area contributed by atoms with E-state index in [1.165, 1.54) is 24.7 Å². The van der Waals surface area contributed by atoms with Crippen LogP contribution in [0.2, 0.25) is 0 Å². The van der Waals surface area contributed by atoms with Gasteiger partial charge in [-0.3, -0.25) is 0 Å². The number of hydrogen-bond acceptors (Lipinski definition) is 1. The average Bonchev–Trinajstić information content (AvgIpc) is 2.40. The van der Waals surface area contributed by atoms with Crippen LogP contribution in [0, 0.1) is 0 Å². The molecule has 0 atom stereocenters. The van der Waals surface area contributed by atoms with E-state index in [-0.39, 0.29) is 0 Å². The van der Waals surface area contributed by atoms with Gasteiger partial charge >= 0.3 is 0 Å². The van der Waals surface area contributed by atoms with Gasteiger partial charge in [-0.1, -0.05) is 50.9 Å². The minimum atomic E-state index is 1.06. The monoisotopic (exact) mass is 256 g/mol. The third-order valence-corrected chi connectivity index (χ3v) is 3.14. The first-order valence-corrected chi connectivity index (χ1v) is 6.96. The highest BCUT2D eigenvalue weighted by atomic mass is 15.1. The number of allylic oxidation sites excluding steroid dienone is 5.